The van der Waals surface area contributed by atoms with Gasteiger partial charge < -0.3 is 5.11 Å². The molecular weight excluding hydrogens is 176 g/mol. The topological polar surface area (TPSA) is 37.3 Å². The van der Waals surface area contributed by atoms with E-state index in [1.54, 1.807) is 6.08 Å². The van der Waals surface area contributed by atoms with Gasteiger partial charge in [-0.25, -0.2) is 4.79 Å². The number of hydrogen-bond acceptors (Lipinski definition) is 1. The first kappa shape index (κ1) is 11.0. The quantitative estimate of drug-likeness (QED) is 0.554. The average molecular weight is 194 g/mol. The summed E-state index contributed by atoms with van der Waals surface area (Å²) in [5.74, 6) is -0.864. The van der Waals surface area contributed by atoms with Gasteiger partial charge >= 0.3 is 5.97 Å². The van der Waals surface area contributed by atoms with Crippen LogP contribution in [0, 0.1) is 10.8 Å². The first-order valence-electron chi connectivity index (χ1n) is 4.95. The van der Waals surface area contributed by atoms with Crippen molar-refractivity contribution in [2.45, 2.75) is 33.6 Å². The molecule has 0 amide bonds. The molecule has 0 aromatic carbocycles. The van der Waals surface area contributed by atoms with Gasteiger partial charge in [-0.3, -0.25) is 0 Å². The Kier molecular flexibility index (Phi) is 2.84. The van der Waals surface area contributed by atoms with E-state index in [2.05, 4.69) is 32.9 Å². The average Bonchev–Trinajstić information content (AvgIpc) is 2.26. The second-order valence-electron chi connectivity index (χ2n) is 4.83. The van der Waals surface area contributed by atoms with E-state index >= 15 is 0 Å². The highest BCUT2D eigenvalue weighted by Gasteiger charge is 2.40. The molecule has 0 aliphatic heterocycles. The Morgan fingerprint density at radius 1 is 1.50 bits per heavy atom. The van der Waals surface area contributed by atoms with Gasteiger partial charge in [0.2, 0.25) is 0 Å². The Morgan fingerprint density at radius 2 is 2.14 bits per heavy atom. The van der Waals surface area contributed by atoms with Crippen LogP contribution in [0.25, 0.3) is 0 Å². The molecular formula is C12H18O2. The number of carboxylic acids is 1. The molecule has 2 nitrogen and oxygen atoms in total. The van der Waals surface area contributed by atoms with Gasteiger partial charge in [0.05, 0.1) is 0 Å². The SMILES string of the molecule is CC1(C)C=CCC1(C)C/C=C\C(=O)O. The van der Waals surface area contributed by atoms with Gasteiger partial charge in [0.1, 0.15) is 0 Å². The summed E-state index contributed by atoms with van der Waals surface area (Å²) in [6.45, 7) is 6.61. The van der Waals surface area contributed by atoms with E-state index in [1.807, 2.05) is 0 Å². The molecule has 2 heteroatoms. The van der Waals surface area contributed by atoms with Crippen molar-refractivity contribution in [3.8, 4) is 0 Å². The first-order valence-corrected chi connectivity index (χ1v) is 4.95. The van der Waals surface area contributed by atoms with Crippen molar-refractivity contribution in [2.24, 2.45) is 10.8 Å². The Labute approximate surface area is 85.3 Å². The molecule has 0 saturated heterocycles. The van der Waals surface area contributed by atoms with Crippen LogP contribution in [-0.4, -0.2) is 11.1 Å². The standard InChI is InChI=1S/C12H18O2/c1-11(2)7-5-9-12(11,3)8-4-6-10(13)14/h4-7H,8-9H2,1-3H3,(H,13,14)/b6-4-. The van der Waals surface area contributed by atoms with Crippen LogP contribution in [-0.2, 0) is 4.79 Å². The Morgan fingerprint density at radius 3 is 2.57 bits per heavy atom. The van der Waals surface area contributed by atoms with Crippen LogP contribution in [0.3, 0.4) is 0 Å². The summed E-state index contributed by atoms with van der Waals surface area (Å²) >= 11 is 0. The zero-order valence-electron chi connectivity index (χ0n) is 9.08. The predicted molar refractivity (Wildman–Crippen MR) is 57.0 cm³/mol. The van der Waals surface area contributed by atoms with E-state index in [0.29, 0.717) is 0 Å². The number of carboxylic acid groups (broad SMARTS) is 1. The van der Waals surface area contributed by atoms with Crippen molar-refractivity contribution in [3.63, 3.8) is 0 Å². The molecule has 14 heavy (non-hydrogen) atoms. The van der Waals surface area contributed by atoms with Gasteiger partial charge in [0.15, 0.2) is 0 Å². The van der Waals surface area contributed by atoms with Gasteiger partial charge in [0.25, 0.3) is 0 Å². The zero-order valence-corrected chi connectivity index (χ0v) is 9.08. The van der Waals surface area contributed by atoms with E-state index in [-0.39, 0.29) is 10.8 Å². The number of carbonyl (C=O) groups is 1. The summed E-state index contributed by atoms with van der Waals surface area (Å²) in [4.78, 5) is 10.3. The Hall–Kier alpha value is -1.05. The van der Waals surface area contributed by atoms with Crippen molar-refractivity contribution >= 4 is 5.97 Å². The molecule has 0 aromatic heterocycles. The molecule has 0 spiro atoms. The summed E-state index contributed by atoms with van der Waals surface area (Å²) in [5, 5.41) is 8.50. The molecule has 0 bridgehead atoms. The Balaban J connectivity index is 2.64. The van der Waals surface area contributed by atoms with Crippen LogP contribution in [0.2, 0.25) is 0 Å². The van der Waals surface area contributed by atoms with Crippen molar-refractivity contribution in [1.82, 2.24) is 0 Å². The summed E-state index contributed by atoms with van der Waals surface area (Å²) < 4.78 is 0. The lowest BCUT2D eigenvalue weighted by atomic mass is 9.67. The van der Waals surface area contributed by atoms with Crippen LogP contribution >= 0.6 is 0 Å². The minimum atomic E-state index is -0.864. The fourth-order valence-electron chi connectivity index (χ4n) is 1.84. The smallest absolute Gasteiger partial charge is 0.327 e. The van der Waals surface area contributed by atoms with Crippen LogP contribution in [0.15, 0.2) is 24.3 Å². The highest BCUT2D eigenvalue weighted by Crippen LogP contribution is 2.50. The van der Waals surface area contributed by atoms with Gasteiger partial charge in [-0.15, -0.1) is 0 Å². The minimum Gasteiger partial charge on any atom is -0.478 e. The Bertz CT molecular complexity index is 287. The van der Waals surface area contributed by atoms with Crippen LogP contribution in [0.5, 0.6) is 0 Å². The highest BCUT2D eigenvalue weighted by atomic mass is 16.4. The highest BCUT2D eigenvalue weighted by molar-refractivity contribution is 5.79. The van der Waals surface area contributed by atoms with Crippen molar-refractivity contribution in [3.05, 3.63) is 24.3 Å². The third-order valence-electron chi connectivity index (χ3n) is 3.49. The molecule has 0 heterocycles. The summed E-state index contributed by atoms with van der Waals surface area (Å²) in [6.07, 6.45) is 9.26. The van der Waals surface area contributed by atoms with Crippen LogP contribution in [0.4, 0.5) is 0 Å². The van der Waals surface area contributed by atoms with Crippen LogP contribution in [0.1, 0.15) is 33.6 Å². The minimum absolute atomic E-state index is 0.163. The number of hydrogen-bond donors (Lipinski definition) is 1. The molecule has 78 valence electrons. The summed E-state index contributed by atoms with van der Waals surface area (Å²) in [6, 6.07) is 0. The second kappa shape index (κ2) is 3.60. The van der Waals surface area contributed by atoms with Gasteiger partial charge in [-0.05, 0) is 23.7 Å². The number of aliphatic carboxylic acids is 1. The van der Waals surface area contributed by atoms with Crippen molar-refractivity contribution in [1.29, 1.82) is 0 Å². The summed E-state index contributed by atoms with van der Waals surface area (Å²) in [5.41, 5.74) is 0.328. The molecule has 0 radical (unpaired) electrons. The van der Waals surface area contributed by atoms with Crippen molar-refractivity contribution in [2.75, 3.05) is 0 Å². The van der Waals surface area contributed by atoms with Crippen LogP contribution < -0.4 is 0 Å². The fourth-order valence-corrected chi connectivity index (χ4v) is 1.84. The lowest BCUT2D eigenvalue weighted by Crippen LogP contribution is -2.29. The number of allylic oxidation sites excluding steroid dienone is 3. The normalized spacial score (nSPS) is 29.9. The molecule has 1 N–H and O–H groups in total. The molecule has 1 aliphatic rings. The molecule has 0 aromatic rings. The van der Waals surface area contributed by atoms with Crippen molar-refractivity contribution < 1.29 is 9.90 Å². The van der Waals surface area contributed by atoms with E-state index in [0.717, 1.165) is 12.8 Å². The molecule has 1 atom stereocenters. The van der Waals surface area contributed by atoms with Gasteiger partial charge in [-0.2, -0.15) is 0 Å². The maximum Gasteiger partial charge on any atom is 0.327 e. The fraction of sp³-hybridized carbons (Fsp3) is 0.583. The largest absolute Gasteiger partial charge is 0.478 e. The summed E-state index contributed by atoms with van der Waals surface area (Å²) in [7, 11) is 0. The number of rotatable bonds is 3. The maximum absolute atomic E-state index is 10.3. The molecule has 1 unspecified atom stereocenters. The predicted octanol–water partition coefficient (Wildman–Crippen LogP) is 3.01. The lowest BCUT2D eigenvalue weighted by molar-refractivity contribution is -0.131. The second-order valence-corrected chi connectivity index (χ2v) is 4.83. The molecule has 0 fully saturated rings. The third kappa shape index (κ3) is 2.06. The molecule has 0 saturated carbocycles. The molecule has 1 rings (SSSR count). The maximum atomic E-state index is 10.3. The molecule has 1 aliphatic carbocycles. The van der Waals surface area contributed by atoms with Gasteiger partial charge in [0, 0.05) is 6.08 Å². The van der Waals surface area contributed by atoms with Gasteiger partial charge in [-0.1, -0.05) is 39.0 Å². The van der Waals surface area contributed by atoms with E-state index in [1.165, 1.54) is 6.08 Å². The monoisotopic (exact) mass is 194 g/mol. The third-order valence-corrected chi connectivity index (χ3v) is 3.49. The van der Waals surface area contributed by atoms with E-state index < -0.39 is 5.97 Å². The first-order chi connectivity index (χ1) is 6.37. The zero-order chi connectivity index (χ0) is 10.8. The van der Waals surface area contributed by atoms with E-state index in [4.69, 9.17) is 5.11 Å². The van der Waals surface area contributed by atoms with E-state index in [9.17, 15) is 4.79 Å². The lowest BCUT2D eigenvalue weighted by Gasteiger charge is -2.37.